The van der Waals surface area contributed by atoms with E-state index in [1.165, 1.54) is 12.2 Å². The van der Waals surface area contributed by atoms with Crippen LogP contribution in [0.5, 0.6) is 0 Å². The van der Waals surface area contributed by atoms with Gasteiger partial charge in [0.1, 0.15) is 5.71 Å². The molecule has 0 aromatic rings. The maximum atomic E-state index is 10.4. The summed E-state index contributed by atoms with van der Waals surface area (Å²) in [5.41, 5.74) is -0.200. The maximum absolute atomic E-state index is 10.4. The summed E-state index contributed by atoms with van der Waals surface area (Å²) in [6.45, 7) is 0. The molecule has 5 heteroatoms. The van der Waals surface area contributed by atoms with E-state index >= 15 is 0 Å². The van der Waals surface area contributed by atoms with E-state index in [2.05, 4.69) is 4.99 Å². The van der Waals surface area contributed by atoms with Gasteiger partial charge in [0.05, 0.1) is 0 Å². The summed E-state index contributed by atoms with van der Waals surface area (Å²) in [6.07, 6.45) is 3.06. The molecule has 12 heavy (non-hydrogen) atoms. The highest BCUT2D eigenvalue weighted by atomic mass is 16.4. The summed E-state index contributed by atoms with van der Waals surface area (Å²) in [6, 6.07) is -0.943. The summed E-state index contributed by atoms with van der Waals surface area (Å²) in [7, 11) is 0. The van der Waals surface area contributed by atoms with Gasteiger partial charge in [-0.2, -0.15) is 0 Å². The SMILES string of the molecule is O=C(O)C1=N[C@@H](C(=O)O)CC=C1. The minimum absolute atomic E-state index is 0.200. The summed E-state index contributed by atoms with van der Waals surface area (Å²) in [5.74, 6) is -2.30. The first kappa shape index (κ1) is 8.45. The van der Waals surface area contributed by atoms with Crippen molar-refractivity contribution in [2.45, 2.75) is 12.5 Å². The molecular formula is C7H7NO4. The molecule has 0 aliphatic carbocycles. The second-order valence-electron chi connectivity index (χ2n) is 2.31. The Morgan fingerprint density at radius 2 is 2.17 bits per heavy atom. The highest BCUT2D eigenvalue weighted by Gasteiger charge is 2.20. The standard InChI is InChI=1S/C7H7NO4/c9-6(10)4-2-1-3-5(8-4)7(11)12/h1-2,5H,3H2,(H,9,10)(H,11,12)/t5-/m1/s1. The second-order valence-corrected chi connectivity index (χ2v) is 2.31. The van der Waals surface area contributed by atoms with Crippen LogP contribution in [0.2, 0.25) is 0 Å². The van der Waals surface area contributed by atoms with E-state index in [0.717, 1.165) is 0 Å². The third kappa shape index (κ3) is 1.69. The van der Waals surface area contributed by atoms with Crippen molar-refractivity contribution >= 4 is 17.7 Å². The van der Waals surface area contributed by atoms with Crippen LogP contribution in [0.3, 0.4) is 0 Å². The Balaban J connectivity index is 2.82. The molecule has 1 aliphatic rings. The van der Waals surface area contributed by atoms with Crippen LogP contribution in [0.25, 0.3) is 0 Å². The molecule has 0 amide bonds. The number of dihydropyridines is 1. The molecule has 1 rings (SSSR count). The molecule has 0 unspecified atom stereocenters. The number of carboxylic acids is 2. The van der Waals surface area contributed by atoms with Crippen molar-refractivity contribution in [1.82, 2.24) is 0 Å². The summed E-state index contributed by atoms with van der Waals surface area (Å²) in [5, 5.41) is 17.0. The molecule has 0 saturated carbocycles. The number of carbonyl (C=O) groups is 2. The van der Waals surface area contributed by atoms with E-state index in [-0.39, 0.29) is 12.1 Å². The Hall–Kier alpha value is -1.65. The summed E-state index contributed by atoms with van der Waals surface area (Å²) in [4.78, 5) is 24.2. The zero-order valence-corrected chi connectivity index (χ0v) is 6.10. The maximum Gasteiger partial charge on any atom is 0.354 e. The van der Waals surface area contributed by atoms with Crippen molar-refractivity contribution in [3.05, 3.63) is 12.2 Å². The van der Waals surface area contributed by atoms with Crippen LogP contribution in [-0.4, -0.2) is 33.9 Å². The van der Waals surface area contributed by atoms with Crippen LogP contribution in [0, 0.1) is 0 Å². The normalized spacial score (nSPS) is 21.7. The molecule has 0 fully saturated rings. The van der Waals surface area contributed by atoms with Gasteiger partial charge in [-0.25, -0.2) is 9.59 Å². The van der Waals surface area contributed by atoms with Gasteiger partial charge in [-0.1, -0.05) is 6.08 Å². The van der Waals surface area contributed by atoms with Gasteiger partial charge in [0.2, 0.25) is 0 Å². The van der Waals surface area contributed by atoms with Gasteiger partial charge in [-0.15, -0.1) is 0 Å². The second kappa shape index (κ2) is 3.17. The monoisotopic (exact) mass is 169 g/mol. The predicted molar refractivity (Wildman–Crippen MR) is 40.3 cm³/mol. The molecule has 64 valence electrons. The summed E-state index contributed by atoms with van der Waals surface area (Å²) < 4.78 is 0. The van der Waals surface area contributed by atoms with Crippen LogP contribution in [0.4, 0.5) is 0 Å². The Morgan fingerprint density at radius 1 is 1.50 bits per heavy atom. The van der Waals surface area contributed by atoms with Gasteiger partial charge in [0.25, 0.3) is 0 Å². The first-order valence-corrected chi connectivity index (χ1v) is 3.31. The van der Waals surface area contributed by atoms with Crippen LogP contribution < -0.4 is 0 Å². The van der Waals surface area contributed by atoms with Crippen molar-refractivity contribution in [3.63, 3.8) is 0 Å². The van der Waals surface area contributed by atoms with Gasteiger partial charge in [0, 0.05) is 0 Å². The van der Waals surface area contributed by atoms with E-state index in [0.29, 0.717) is 0 Å². The van der Waals surface area contributed by atoms with Crippen molar-refractivity contribution in [2.24, 2.45) is 4.99 Å². The Morgan fingerprint density at radius 3 is 2.67 bits per heavy atom. The van der Waals surface area contributed by atoms with Gasteiger partial charge in [-0.05, 0) is 12.5 Å². The third-order valence-corrected chi connectivity index (χ3v) is 1.43. The van der Waals surface area contributed by atoms with Crippen LogP contribution in [-0.2, 0) is 9.59 Å². The van der Waals surface area contributed by atoms with Crippen LogP contribution in [0.15, 0.2) is 17.1 Å². The first-order chi connectivity index (χ1) is 5.61. The lowest BCUT2D eigenvalue weighted by Crippen LogP contribution is -2.24. The van der Waals surface area contributed by atoms with Crippen LogP contribution >= 0.6 is 0 Å². The van der Waals surface area contributed by atoms with Crippen molar-refractivity contribution < 1.29 is 19.8 Å². The van der Waals surface area contributed by atoms with Crippen LogP contribution in [0.1, 0.15) is 6.42 Å². The minimum atomic E-state index is -1.20. The zero-order valence-electron chi connectivity index (χ0n) is 6.10. The molecule has 1 atom stereocenters. The van der Waals surface area contributed by atoms with E-state index in [4.69, 9.17) is 10.2 Å². The topological polar surface area (TPSA) is 87.0 Å². The van der Waals surface area contributed by atoms with Gasteiger partial charge in [-0.3, -0.25) is 4.99 Å². The highest BCUT2D eigenvalue weighted by Crippen LogP contribution is 2.06. The van der Waals surface area contributed by atoms with Crippen molar-refractivity contribution in [3.8, 4) is 0 Å². The Kier molecular flexibility index (Phi) is 2.23. The lowest BCUT2D eigenvalue weighted by atomic mass is 10.1. The number of aliphatic imine (C=N–C) groups is 1. The van der Waals surface area contributed by atoms with Crippen molar-refractivity contribution in [1.29, 1.82) is 0 Å². The Bertz CT molecular complexity index is 279. The third-order valence-electron chi connectivity index (χ3n) is 1.43. The molecule has 0 aromatic carbocycles. The smallest absolute Gasteiger partial charge is 0.354 e. The molecule has 0 bridgehead atoms. The molecular weight excluding hydrogens is 162 g/mol. The van der Waals surface area contributed by atoms with Gasteiger partial charge in [0.15, 0.2) is 6.04 Å². The molecule has 0 radical (unpaired) electrons. The number of hydrogen-bond donors (Lipinski definition) is 2. The van der Waals surface area contributed by atoms with E-state index in [1.54, 1.807) is 0 Å². The number of hydrogen-bond acceptors (Lipinski definition) is 3. The van der Waals surface area contributed by atoms with Crippen molar-refractivity contribution in [2.75, 3.05) is 0 Å². The largest absolute Gasteiger partial charge is 0.480 e. The zero-order chi connectivity index (χ0) is 9.14. The minimum Gasteiger partial charge on any atom is -0.480 e. The fourth-order valence-corrected chi connectivity index (χ4v) is 0.855. The molecule has 0 aromatic heterocycles. The fourth-order valence-electron chi connectivity index (χ4n) is 0.855. The number of aliphatic carboxylic acids is 2. The van der Waals surface area contributed by atoms with E-state index in [9.17, 15) is 9.59 Å². The molecule has 1 aliphatic heterocycles. The average molecular weight is 169 g/mol. The lowest BCUT2D eigenvalue weighted by molar-refractivity contribution is -0.138. The fraction of sp³-hybridized carbons (Fsp3) is 0.286. The highest BCUT2D eigenvalue weighted by molar-refractivity contribution is 6.40. The lowest BCUT2D eigenvalue weighted by Gasteiger charge is -2.08. The van der Waals surface area contributed by atoms with E-state index < -0.39 is 18.0 Å². The quantitative estimate of drug-likeness (QED) is 0.605. The Labute approximate surface area is 68.0 Å². The van der Waals surface area contributed by atoms with Gasteiger partial charge < -0.3 is 10.2 Å². The summed E-state index contributed by atoms with van der Waals surface area (Å²) >= 11 is 0. The predicted octanol–water partition coefficient (Wildman–Crippen LogP) is -0.0749. The molecule has 0 spiro atoms. The average Bonchev–Trinajstić information content (AvgIpc) is 2.04. The van der Waals surface area contributed by atoms with Gasteiger partial charge >= 0.3 is 11.9 Å². The first-order valence-electron chi connectivity index (χ1n) is 3.31. The van der Waals surface area contributed by atoms with E-state index in [1.807, 2.05) is 0 Å². The number of carboxylic acid groups (broad SMARTS) is 2. The number of nitrogens with zero attached hydrogens (tertiary/aromatic N) is 1. The number of rotatable bonds is 2. The molecule has 2 N–H and O–H groups in total. The molecule has 0 saturated heterocycles. The molecule has 5 nitrogen and oxygen atoms in total. The molecule has 1 heterocycles.